The molecule has 6 aromatic rings. The Bertz CT molecular complexity index is 2570. The van der Waals surface area contributed by atoms with E-state index in [2.05, 4.69) is 86.2 Å². The predicted octanol–water partition coefficient (Wildman–Crippen LogP) is 8.78. The minimum atomic E-state index is -1.21. The fourth-order valence-electron chi connectivity index (χ4n) is 8.66. The largest absolute Gasteiger partial charge is 0.465 e. The van der Waals surface area contributed by atoms with Gasteiger partial charge < -0.3 is 40.2 Å². The third-order valence-corrected chi connectivity index (χ3v) is 11.8. The fourth-order valence-corrected chi connectivity index (χ4v) is 8.66. The molecule has 14 heteroatoms. The van der Waals surface area contributed by atoms with Crippen LogP contribution >= 0.6 is 0 Å². The number of carbonyl (C=O) groups is 4. The molecule has 4 unspecified atom stereocenters. The minimum Gasteiger partial charge on any atom is -0.465 e. The summed E-state index contributed by atoms with van der Waals surface area (Å²) in [7, 11) is 0. The monoisotopic (exact) mass is 836 g/mol. The van der Waals surface area contributed by atoms with Crippen molar-refractivity contribution in [3.8, 4) is 33.6 Å². The van der Waals surface area contributed by atoms with E-state index >= 15 is 0 Å². The van der Waals surface area contributed by atoms with Gasteiger partial charge in [0, 0.05) is 18.7 Å². The molecule has 14 nitrogen and oxygen atoms in total. The Balaban J connectivity index is 0.942. The number of rotatable bonds is 12. The molecule has 4 aromatic carbocycles. The van der Waals surface area contributed by atoms with Crippen molar-refractivity contribution in [3.05, 3.63) is 121 Å². The molecule has 4 atom stereocenters. The number of aromatic nitrogens is 4. The summed E-state index contributed by atoms with van der Waals surface area (Å²) in [6.45, 7) is 8.30. The van der Waals surface area contributed by atoms with Crippen LogP contribution in [0.25, 0.3) is 44.4 Å². The summed E-state index contributed by atoms with van der Waals surface area (Å²) in [5, 5.41) is 16.7. The van der Waals surface area contributed by atoms with Gasteiger partial charge in [0.15, 0.2) is 0 Å². The smallest absolute Gasteiger partial charge is 0.408 e. The van der Waals surface area contributed by atoms with Crippen LogP contribution in [0.5, 0.6) is 0 Å². The summed E-state index contributed by atoms with van der Waals surface area (Å²) in [4.78, 5) is 71.5. The Hall–Kier alpha value is -6.96. The van der Waals surface area contributed by atoms with Gasteiger partial charge in [0.2, 0.25) is 5.91 Å². The van der Waals surface area contributed by atoms with Crippen molar-refractivity contribution in [2.24, 2.45) is 5.92 Å². The summed E-state index contributed by atoms with van der Waals surface area (Å²) in [6, 6.07) is 28.0. The number of alkyl carbamates (subject to hydrolysis) is 1. The second-order valence-corrected chi connectivity index (χ2v) is 16.7. The molecule has 0 radical (unpaired) electrons. The molecule has 320 valence electrons. The summed E-state index contributed by atoms with van der Waals surface area (Å²) in [5.74, 6) is 0.763. The van der Waals surface area contributed by atoms with Gasteiger partial charge in [-0.3, -0.25) is 9.59 Å². The van der Waals surface area contributed by atoms with E-state index < -0.39 is 24.3 Å². The highest BCUT2D eigenvalue weighted by molar-refractivity contribution is 5.91. The zero-order chi connectivity index (χ0) is 43.5. The Morgan fingerprint density at radius 2 is 1.21 bits per heavy atom. The van der Waals surface area contributed by atoms with Crippen LogP contribution in [0.3, 0.4) is 0 Å². The van der Waals surface area contributed by atoms with Crippen molar-refractivity contribution in [2.45, 2.75) is 83.6 Å². The number of hydrogen-bond acceptors (Lipinski definition) is 7. The quantitative estimate of drug-likeness (QED) is 0.0810. The number of H-pyrrole nitrogens is 2. The number of fused-ring (bicyclic) bond motifs is 1. The van der Waals surface area contributed by atoms with Gasteiger partial charge in [-0.15, -0.1) is 0 Å². The zero-order valence-electron chi connectivity index (χ0n) is 35.3. The second-order valence-electron chi connectivity index (χ2n) is 16.7. The number of amides is 4. The van der Waals surface area contributed by atoms with Gasteiger partial charge in [0.25, 0.3) is 5.91 Å². The lowest BCUT2D eigenvalue weighted by Gasteiger charge is -2.29. The number of nitrogens with one attached hydrogen (secondary N) is 4. The van der Waals surface area contributed by atoms with Crippen LogP contribution in [0.1, 0.15) is 88.7 Å². The SMILES string of the molecule is CC(C)OC(=O)NC(C(=O)N1CCCC1c1ncc(-c2ccc(-c3ccc4cc(-c5cnc(C6CCCN6C(=O)C(NC(=O)O)C(C)C)[nH]5)ccc4c3)cc2)[nH]1)c1ccccc1. The van der Waals surface area contributed by atoms with E-state index in [-0.39, 0.29) is 35.9 Å². The van der Waals surface area contributed by atoms with E-state index in [4.69, 9.17) is 9.72 Å². The third-order valence-electron chi connectivity index (χ3n) is 11.8. The van der Waals surface area contributed by atoms with E-state index in [9.17, 15) is 24.3 Å². The molecule has 2 fully saturated rings. The first-order valence-corrected chi connectivity index (χ1v) is 21.3. The first-order valence-electron chi connectivity index (χ1n) is 21.3. The topological polar surface area (TPSA) is 186 Å². The number of carboxylic acid groups (broad SMARTS) is 1. The summed E-state index contributed by atoms with van der Waals surface area (Å²) in [5.41, 5.74) is 6.45. The average molecular weight is 837 g/mol. The van der Waals surface area contributed by atoms with Crippen LogP contribution in [-0.2, 0) is 14.3 Å². The first-order chi connectivity index (χ1) is 29.9. The molecule has 0 bridgehead atoms. The molecule has 0 spiro atoms. The molecule has 2 aliphatic heterocycles. The van der Waals surface area contributed by atoms with Gasteiger partial charge >= 0.3 is 12.2 Å². The lowest BCUT2D eigenvalue weighted by molar-refractivity contribution is -0.135. The van der Waals surface area contributed by atoms with Crippen molar-refractivity contribution >= 4 is 34.8 Å². The highest BCUT2D eigenvalue weighted by Crippen LogP contribution is 2.36. The van der Waals surface area contributed by atoms with Gasteiger partial charge in [-0.25, -0.2) is 19.6 Å². The van der Waals surface area contributed by atoms with Crippen molar-refractivity contribution in [1.82, 2.24) is 40.4 Å². The lowest BCUT2D eigenvalue weighted by atomic mass is 9.98. The number of hydrogen-bond donors (Lipinski definition) is 5. The Labute approximate surface area is 360 Å². The molecule has 2 saturated heterocycles. The van der Waals surface area contributed by atoms with Gasteiger partial charge in [-0.1, -0.05) is 92.7 Å². The van der Waals surface area contributed by atoms with Crippen molar-refractivity contribution in [3.63, 3.8) is 0 Å². The number of likely N-dealkylation sites (tertiary alicyclic amines) is 2. The average Bonchev–Trinajstić information content (AvgIpc) is 4.11. The molecule has 4 amide bonds. The van der Waals surface area contributed by atoms with E-state index in [0.717, 1.165) is 70.1 Å². The molecule has 0 saturated carbocycles. The number of imidazole rings is 2. The van der Waals surface area contributed by atoms with Crippen LogP contribution in [0.2, 0.25) is 0 Å². The summed E-state index contributed by atoms with van der Waals surface area (Å²) < 4.78 is 5.33. The number of benzene rings is 4. The lowest BCUT2D eigenvalue weighted by Crippen LogP contribution is -2.50. The highest BCUT2D eigenvalue weighted by atomic mass is 16.6. The first kappa shape index (κ1) is 41.8. The molecule has 0 aliphatic carbocycles. The Kier molecular flexibility index (Phi) is 12.1. The second kappa shape index (κ2) is 17.9. The van der Waals surface area contributed by atoms with Crippen molar-refractivity contribution in [2.75, 3.05) is 13.1 Å². The Morgan fingerprint density at radius 1 is 0.677 bits per heavy atom. The molecular formula is C48H52N8O6. The molecule has 5 N–H and O–H groups in total. The van der Waals surface area contributed by atoms with E-state index in [0.29, 0.717) is 30.3 Å². The fraction of sp³-hybridized carbons (Fsp3) is 0.333. The van der Waals surface area contributed by atoms with Gasteiger partial charge in [0.1, 0.15) is 23.7 Å². The molecule has 8 rings (SSSR count). The van der Waals surface area contributed by atoms with Crippen molar-refractivity contribution in [1.29, 1.82) is 0 Å². The van der Waals surface area contributed by atoms with Gasteiger partial charge in [0.05, 0.1) is 42.0 Å². The third kappa shape index (κ3) is 8.90. The summed E-state index contributed by atoms with van der Waals surface area (Å²) in [6.07, 6.45) is 4.55. The van der Waals surface area contributed by atoms with Crippen LogP contribution in [-0.4, -0.2) is 84.1 Å². The Morgan fingerprint density at radius 3 is 1.79 bits per heavy atom. The maximum absolute atomic E-state index is 14.1. The minimum absolute atomic E-state index is 0.190. The standard InChI is InChI=1S/C48H52N8O6/c1-28(2)41(53-47(59)60)45(57)55-22-8-12-39(55)44-50-27-38(52-44)36-21-20-34-24-33(18-19-35(34)25-36)30-14-16-31(17-15-30)37-26-49-43(51-37)40-13-9-23-56(40)46(58)42(32-10-6-5-7-11-32)54-48(61)62-29(3)4/h5-7,10-11,14-21,24-29,39-42,53H,8-9,12-13,22-23H2,1-4H3,(H,49,51)(H,50,52)(H,54,61)(H,59,60). The van der Waals surface area contributed by atoms with Gasteiger partial charge in [-0.05, 0) is 90.6 Å². The van der Waals surface area contributed by atoms with Crippen LogP contribution in [0.4, 0.5) is 9.59 Å². The van der Waals surface area contributed by atoms with E-state index in [1.165, 1.54) is 0 Å². The summed E-state index contributed by atoms with van der Waals surface area (Å²) >= 11 is 0. The number of carbonyl (C=O) groups excluding carboxylic acids is 3. The van der Waals surface area contributed by atoms with Crippen LogP contribution in [0.15, 0.2) is 103 Å². The molecular weight excluding hydrogens is 785 g/mol. The predicted molar refractivity (Wildman–Crippen MR) is 236 cm³/mol. The molecule has 4 heterocycles. The maximum atomic E-state index is 14.1. The molecule has 62 heavy (non-hydrogen) atoms. The molecule has 2 aromatic heterocycles. The van der Waals surface area contributed by atoms with E-state index in [1.807, 2.05) is 44.2 Å². The maximum Gasteiger partial charge on any atom is 0.408 e. The van der Waals surface area contributed by atoms with E-state index in [1.54, 1.807) is 36.0 Å². The van der Waals surface area contributed by atoms with Crippen LogP contribution in [0, 0.1) is 5.92 Å². The highest BCUT2D eigenvalue weighted by Gasteiger charge is 2.39. The number of ether oxygens (including phenoxy) is 1. The van der Waals surface area contributed by atoms with Crippen molar-refractivity contribution < 1.29 is 29.0 Å². The molecule has 2 aliphatic rings. The number of nitrogens with zero attached hydrogens (tertiary/aromatic N) is 4. The number of aromatic amines is 2. The zero-order valence-corrected chi connectivity index (χ0v) is 35.3. The normalized spacial score (nSPS) is 17.4. The van der Waals surface area contributed by atoms with Gasteiger partial charge in [-0.2, -0.15) is 0 Å². The van der Waals surface area contributed by atoms with Crippen LogP contribution < -0.4 is 10.6 Å².